The molecule has 0 aromatic rings. The van der Waals surface area contributed by atoms with Gasteiger partial charge in [-0.3, -0.25) is 0 Å². The topological polar surface area (TPSA) is 20.2 Å². The molecule has 0 radical (unpaired) electrons. The van der Waals surface area contributed by atoms with Crippen molar-refractivity contribution in [2.45, 2.75) is 77.2 Å². The third-order valence-corrected chi connectivity index (χ3v) is 3.55. The van der Waals surface area contributed by atoms with Crippen molar-refractivity contribution in [3.05, 3.63) is 0 Å². The quantitative estimate of drug-likeness (QED) is 0.642. The molecule has 0 aromatic carbocycles. The Morgan fingerprint density at radius 2 is 1.71 bits per heavy atom. The Bertz CT molecular complexity index is 133. The molecule has 1 nitrogen and oxygen atoms in total. The lowest BCUT2D eigenvalue weighted by Gasteiger charge is -2.27. The smallest absolute Gasteiger partial charge is 0.0568 e. The molecule has 0 aromatic heterocycles. The predicted octanol–water partition coefficient (Wildman–Crippen LogP) is 3.90. The van der Waals surface area contributed by atoms with Gasteiger partial charge in [-0.15, -0.1) is 0 Å². The van der Waals surface area contributed by atoms with Crippen LogP contribution in [-0.2, 0) is 0 Å². The largest absolute Gasteiger partial charge is 0.393 e. The van der Waals surface area contributed by atoms with Gasteiger partial charge in [0.15, 0.2) is 0 Å². The highest BCUT2D eigenvalue weighted by molar-refractivity contribution is 4.74. The zero-order valence-corrected chi connectivity index (χ0v) is 9.67. The van der Waals surface area contributed by atoms with E-state index in [9.17, 15) is 5.11 Å². The van der Waals surface area contributed by atoms with Gasteiger partial charge in [0.25, 0.3) is 0 Å². The number of hydrogen-bond acceptors (Lipinski definition) is 1. The van der Waals surface area contributed by atoms with Gasteiger partial charge in [-0.2, -0.15) is 0 Å². The van der Waals surface area contributed by atoms with Crippen LogP contribution in [0.25, 0.3) is 0 Å². The highest BCUT2D eigenvalue weighted by Crippen LogP contribution is 2.28. The first-order valence-corrected chi connectivity index (χ1v) is 6.52. The van der Waals surface area contributed by atoms with Crippen molar-refractivity contribution < 1.29 is 5.11 Å². The van der Waals surface area contributed by atoms with E-state index in [4.69, 9.17) is 0 Å². The highest BCUT2D eigenvalue weighted by atomic mass is 16.3. The van der Waals surface area contributed by atoms with Gasteiger partial charge in [-0.05, 0) is 25.2 Å². The minimum absolute atomic E-state index is 0.0231. The van der Waals surface area contributed by atoms with E-state index in [1.165, 1.54) is 57.8 Å². The molecule has 84 valence electrons. The summed E-state index contributed by atoms with van der Waals surface area (Å²) in [5.41, 5.74) is 0. The normalized spacial score (nSPS) is 27.9. The molecule has 0 spiro atoms. The summed E-state index contributed by atoms with van der Waals surface area (Å²) in [5, 5.41) is 9.77. The van der Waals surface area contributed by atoms with Crippen LogP contribution in [0, 0.1) is 5.92 Å². The number of unbranched alkanes of at least 4 members (excludes halogenated alkanes) is 4. The van der Waals surface area contributed by atoms with E-state index in [-0.39, 0.29) is 6.10 Å². The highest BCUT2D eigenvalue weighted by Gasteiger charge is 2.21. The molecule has 1 fully saturated rings. The monoisotopic (exact) mass is 198 g/mol. The van der Waals surface area contributed by atoms with Gasteiger partial charge in [-0.25, -0.2) is 0 Å². The van der Waals surface area contributed by atoms with Crippen molar-refractivity contribution in [1.82, 2.24) is 0 Å². The van der Waals surface area contributed by atoms with Crippen LogP contribution < -0.4 is 0 Å². The van der Waals surface area contributed by atoms with E-state index in [1.54, 1.807) is 0 Å². The van der Waals surface area contributed by atoms with Crippen LogP contribution in [0.2, 0.25) is 0 Å². The van der Waals surface area contributed by atoms with Crippen LogP contribution >= 0.6 is 0 Å². The lowest BCUT2D eigenvalue weighted by Crippen LogP contribution is -2.24. The summed E-state index contributed by atoms with van der Waals surface area (Å²) < 4.78 is 0. The molecule has 0 aliphatic heterocycles. The Morgan fingerprint density at radius 3 is 2.43 bits per heavy atom. The molecule has 1 N–H and O–H groups in total. The molecular weight excluding hydrogens is 172 g/mol. The Morgan fingerprint density at radius 1 is 1.00 bits per heavy atom. The summed E-state index contributed by atoms with van der Waals surface area (Å²) in [6.45, 7) is 2.25. The molecule has 0 saturated heterocycles. The number of aliphatic hydroxyl groups is 1. The summed E-state index contributed by atoms with van der Waals surface area (Å²) >= 11 is 0. The first-order valence-electron chi connectivity index (χ1n) is 6.52. The summed E-state index contributed by atoms with van der Waals surface area (Å²) in [6.07, 6.45) is 13.0. The van der Waals surface area contributed by atoms with Gasteiger partial charge in [-0.1, -0.05) is 51.9 Å². The van der Waals surface area contributed by atoms with E-state index in [0.717, 1.165) is 6.42 Å². The van der Waals surface area contributed by atoms with E-state index < -0.39 is 0 Å². The van der Waals surface area contributed by atoms with E-state index in [1.807, 2.05) is 0 Å². The maximum atomic E-state index is 9.77. The maximum absolute atomic E-state index is 9.77. The number of hydrogen-bond donors (Lipinski definition) is 1. The van der Waals surface area contributed by atoms with Crippen molar-refractivity contribution in [3.8, 4) is 0 Å². The lowest BCUT2D eigenvalue weighted by molar-refractivity contribution is 0.0639. The Labute approximate surface area is 88.9 Å². The minimum atomic E-state index is 0.0231. The fraction of sp³-hybridized carbons (Fsp3) is 1.00. The molecule has 1 aliphatic rings. The zero-order chi connectivity index (χ0) is 10.2. The van der Waals surface area contributed by atoms with Gasteiger partial charge in [0.05, 0.1) is 6.10 Å². The predicted molar refractivity (Wildman–Crippen MR) is 61.3 cm³/mol. The van der Waals surface area contributed by atoms with Crippen LogP contribution in [0.4, 0.5) is 0 Å². The summed E-state index contributed by atoms with van der Waals surface area (Å²) in [4.78, 5) is 0. The fourth-order valence-corrected chi connectivity index (χ4v) is 2.53. The summed E-state index contributed by atoms with van der Waals surface area (Å²) in [5.74, 6) is 0.630. The second-order valence-corrected chi connectivity index (χ2v) is 4.81. The standard InChI is InChI=1S/C13H26O/c1-2-3-4-5-6-9-12-10-7-8-11-13(12)14/h12-14H,2-11H2,1H3/t12-,13+/m0/s1. The third-order valence-electron chi connectivity index (χ3n) is 3.55. The number of aliphatic hydroxyl groups excluding tert-OH is 1. The van der Waals surface area contributed by atoms with Crippen LogP contribution in [-0.4, -0.2) is 11.2 Å². The Balaban J connectivity index is 1.99. The van der Waals surface area contributed by atoms with Gasteiger partial charge in [0, 0.05) is 0 Å². The van der Waals surface area contributed by atoms with Crippen LogP contribution in [0.5, 0.6) is 0 Å². The van der Waals surface area contributed by atoms with Gasteiger partial charge in [0.2, 0.25) is 0 Å². The molecular formula is C13H26O. The van der Waals surface area contributed by atoms with Crippen molar-refractivity contribution >= 4 is 0 Å². The van der Waals surface area contributed by atoms with E-state index in [2.05, 4.69) is 6.92 Å². The maximum Gasteiger partial charge on any atom is 0.0568 e. The first-order chi connectivity index (χ1) is 6.84. The van der Waals surface area contributed by atoms with Crippen molar-refractivity contribution in [3.63, 3.8) is 0 Å². The van der Waals surface area contributed by atoms with Crippen molar-refractivity contribution in [1.29, 1.82) is 0 Å². The minimum Gasteiger partial charge on any atom is -0.393 e. The van der Waals surface area contributed by atoms with Crippen molar-refractivity contribution in [2.24, 2.45) is 5.92 Å². The van der Waals surface area contributed by atoms with Gasteiger partial charge < -0.3 is 5.11 Å². The molecule has 1 heteroatoms. The molecule has 1 aliphatic carbocycles. The van der Waals surface area contributed by atoms with Crippen molar-refractivity contribution in [2.75, 3.05) is 0 Å². The SMILES string of the molecule is CCCCCCC[C@H]1CCCC[C@H]1O. The van der Waals surface area contributed by atoms with E-state index in [0.29, 0.717) is 5.92 Å². The van der Waals surface area contributed by atoms with E-state index >= 15 is 0 Å². The molecule has 0 amide bonds. The van der Waals surface area contributed by atoms with Gasteiger partial charge in [0.1, 0.15) is 0 Å². The molecule has 0 bridgehead atoms. The first kappa shape index (κ1) is 12.0. The average molecular weight is 198 g/mol. The zero-order valence-electron chi connectivity index (χ0n) is 9.67. The molecule has 1 rings (SSSR count). The third kappa shape index (κ3) is 4.45. The molecule has 2 atom stereocenters. The summed E-state index contributed by atoms with van der Waals surface area (Å²) in [6, 6.07) is 0. The molecule has 0 heterocycles. The molecule has 1 saturated carbocycles. The van der Waals surface area contributed by atoms with Gasteiger partial charge >= 0.3 is 0 Å². The van der Waals surface area contributed by atoms with Crippen LogP contribution in [0.1, 0.15) is 71.1 Å². The molecule has 0 unspecified atom stereocenters. The average Bonchev–Trinajstić information content (AvgIpc) is 2.20. The Kier molecular flexibility index (Phi) is 6.25. The van der Waals surface area contributed by atoms with Crippen LogP contribution in [0.15, 0.2) is 0 Å². The molecule has 14 heavy (non-hydrogen) atoms. The number of rotatable bonds is 6. The van der Waals surface area contributed by atoms with Crippen LogP contribution in [0.3, 0.4) is 0 Å². The lowest BCUT2D eigenvalue weighted by atomic mass is 9.83. The second kappa shape index (κ2) is 7.28. The second-order valence-electron chi connectivity index (χ2n) is 4.81. The fourth-order valence-electron chi connectivity index (χ4n) is 2.53. The Hall–Kier alpha value is -0.0400. The summed E-state index contributed by atoms with van der Waals surface area (Å²) in [7, 11) is 0.